The van der Waals surface area contributed by atoms with Crippen LogP contribution < -0.4 is 4.74 Å². The first-order chi connectivity index (χ1) is 13.4. The molecule has 1 aromatic heterocycles. The van der Waals surface area contributed by atoms with Crippen LogP contribution in [0.2, 0.25) is 0 Å². The van der Waals surface area contributed by atoms with Gasteiger partial charge >= 0.3 is 0 Å². The fraction of sp³-hybridized carbons (Fsp3) is 0.190. The maximum Gasteiger partial charge on any atom is 0.297 e. The Morgan fingerprint density at radius 3 is 2.71 bits per heavy atom. The standard InChI is InChI=1S/C21H18FNO4S/c1-14-4-6-19(7-5-14)28(24,25)26-13-18-10-16-9-17(22)11-20(21(16)27-18)15-3-2-8-23-12-15/h2-9,11-12,18H,10,13H2,1H3. The topological polar surface area (TPSA) is 65.5 Å². The smallest absolute Gasteiger partial charge is 0.297 e. The molecule has 4 rings (SSSR count). The third-order valence-corrected chi connectivity index (χ3v) is 5.85. The number of benzene rings is 2. The van der Waals surface area contributed by atoms with E-state index in [1.165, 1.54) is 24.3 Å². The van der Waals surface area contributed by atoms with Crippen LogP contribution in [0.15, 0.2) is 65.8 Å². The molecular formula is C21H18FNO4S. The van der Waals surface area contributed by atoms with Crippen molar-refractivity contribution in [3.8, 4) is 16.9 Å². The summed E-state index contributed by atoms with van der Waals surface area (Å²) >= 11 is 0. The van der Waals surface area contributed by atoms with Crippen LogP contribution in [0.25, 0.3) is 11.1 Å². The van der Waals surface area contributed by atoms with E-state index in [9.17, 15) is 12.8 Å². The average molecular weight is 399 g/mol. The largest absolute Gasteiger partial charge is 0.487 e. The second kappa shape index (κ2) is 7.33. The molecule has 1 aliphatic rings. The molecule has 28 heavy (non-hydrogen) atoms. The van der Waals surface area contributed by atoms with Crippen LogP contribution in [-0.4, -0.2) is 26.1 Å². The average Bonchev–Trinajstić information content (AvgIpc) is 3.10. The zero-order chi connectivity index (χ0) is 19.7. The summed E-state index contributed by atoms with van der Waals surface area (Å²) in [5.41, 5.74) is 2.96. The molecule has 0 saturated carbocycles. The number of hydrogen-bond acceptors (Lipinski definition) is 5. The van der Waals surface area contributed by atoms with Gasteiger partial charge < -0.3 is 4.74 Å². The SMILES string of the molecule is Cc1ccc(S(=O)(=O)OCC2Cc3cc(F)cc(-c4cccnc4)c3O2)cc1. The number of aromatic nitrogens is 1. The van der Waals surface area contributed by atoms with Gasteiger partial charge in [0.2, 0.25) is 0 Å². The van der Waals surface area contributed by atoms with Crippen molar-refractivity contribution in [1.29, 1.82) is 0 Å². The van der Waals surface area contributed by atoms with E-state index >= 15 is 0 Å². The molecule has 3 aromatic rings. The second-order valence-electron chi connectivity index (χ2n) is 6.68. The first-order valence-electron chi connectivity index (χ1n) is 8.78. The molecule has 1 unspecified atom stereocenters. The van der Waals surface area contributed by atoms with Gasteiger partial charge in [-0.05, 0) is 37.3 Å². The zero-order valence-electron chi connectivity index (χ0n) is 15.1. The fourth-order valence-electron chi connectivity index (χ4n) is 3.16. The Morgan fingerprint density at radius 2 is 2.00 bits per heavy atom. The molecule has 0 bridgehead atoms. The quantitative estimate of drug-likeness (QED) is 0.609. The highest BCUT2D eigenvalue weighted by Crippen LogP contribution is 2.39. The van der Waals surface area contributed by atoms with Crippen molar-refractivity contribution in [3.05, 3.63) is 77.9 Å². The summed E-state index contributed by atoms with van der Waals surface area (Å²) in [6, 6.07) is 12.8. The van der Waals surface area contributed by atoms with Gasteiger partial charge in [0.1, 0.15) is 24.3 Å². The summed E-state index contributed by atoms with van der Waals surface area (Å²) < 4.78 is 49.9. The molecule has 2 heterocycles. The number of aryl methyl sites for hydroxylation is 1. The number of hydrogen-bond donors (Lipinski definition) is 0. The summed E-state index contributed by atoms with van der Waals surface area (Å²) in [4.78, 5) is 4.15. The third kappa shape index (κ3) is 3.76. The molecule has 1 aliphatic heterocycles. The van der Waals surface area contributed by atoms with Crippen LogP contribution in [0.3, 0.4) is 0 Å². The Labute approximate surface area is 162 Å². The molecule has 0 N–H and O–H groups in total. The maximum atomic E-state index is 14.1. The predicted molar refractivity (Wildman–Crippen MR) is 102 cm³/mol. The normalized spacial score (nSPS) is 15.9. The van der Waals surface area contributed by atoms with Crippen LogP contribution >= 0.6 is 0 Å². The minimum atomic E-state index is -3.89. The van der Waals surface area contributed by atoms with Crippen molar-refractivity contribution in [2.75, 3.05) is 6.61 Å². The number of rotatable bonds is 5. The van der Waals surface area contributed by atoms with E-state index in [-0.39, 0.29) is 17.3 Å². The fourth-order valence-corrected chi connectivity index (χ4v) is 4.10. The molecule has 0 spiro atoms. The number of fused-ring (bicyclic) bond motifs is 1. The first-order valence-corrected chi connectivity index (χ1v) is 10.2. The Balaban J connectivity index is 1.52. The Bertz CT molecular complexity index is 1100. The summed E-state index contributed by atoms with van der Waals surface area (Å²) in [5, 5.41) is 0. The van der Waals surface area contributed by atoms with Crippen LogP contribution in [0.1, 0.15) is 11.1 Å². The van der Waals surface area contributed by atoms with Gasteiger partial charge in [-0.25, -0.2) is 4.39 Å². The van der Waals surface area contributed by atoms with Gasteiger partial charge in [0.15, 0.2) is 0 Å². The van der Waals surface area contributed by atoms with Crippen LogP contribution in [0.5, 0.6) is 5.75 Å². The maximum absolute atomic E-state index is 14.1. The van der Waals surface area contributed by atoms with Crippen LogP contribution in [-0.2, 0) is 20.7 Å². The van der Waals surface area contributed by atoms with Gasteiger partial charge in [-0.3, -0.25) is 9.17 Å². The highest BCUT2D eigenvalue weighted by molar-refractivity contribution is 7.86. The summed E-state index contributed by atoms with van der Waals surface area (Å²) in [6.07, 6.45) is 3.11. The molecular weight excluding hydrogens is 381 g/mol. The van der Waals surface area contributed by atoms with Crippen LogP contribution in [0.4, 0.5) is 4.39 Å². The van der Waals surface area contributed by atoms with Gasteiger partial charge in [0.05, 0.1) is 4.90 Å². The van der Waals surface area contributed by atoms with Crippen molar-refractivity contribution in [3.63, 3.8) is 0 Å². The molecule has 0 saturated heterocycles. The lowest BCUT2D eigenvalue weighted by Gasteiger charge is -2.13. The number of pyridine rings is 1. The van der Waals surface area contributed by atoms with Crippen molar-refractivity contribution < 1.29 is 21.7 Å². The minimum Gasteiger partial charge on any atom is -0.487 e. The molecule has 0 aliphatic carbocycles. The van der Waals surface area contributed by atoms with E-state index in [1.54, 1.807) is 30.6 Å². The van der Waals surface area contributed by atoms with E-state index in [0.717, 1.165) is 11.1 Å². The molecule has 0 fully saturated rings. The molecule has 1 atom stereocenters. The molecule has 7 heteroatoms. The lowest BCUT2D eigenvalue weighted by molar-refractivity contribution is 0.152. The van der Waals surface area contributed by atoms with Gasteiger partial charge in [-0.1, -0.05) is 23.8 Å². The van der Waals surface area contributed by atoms with E-state index in [0.29, 0.717) is 23.3 Å². The monoisotopic (exact) mass is 399 g/mol. The number of halogens is 1. The molecule has 0 radical (unpaired) electrons. The summed E-state index contributed by atoms with van der Waals surface area (Å²) in [7, 11) is -3.89. The van der Waals surface area contributed by atoms with Gasteiger partial charge in [0, 0.05) is 35.5 Å². The van der Waals surface area contributed by atoms with E-state index < -0.39 is 16.2 Å². The number of ether oxygens (including phenoxy) is 1. The van der Waals surface area contributed by atoms with Crippen molar-refractivity contribution >= 4 is 10.1 Å². The second-order valence-corrected chi connectivity index (χ2v) is 8.29. The van der Waals surface area contributed by atoms with Gasteiger partial charge in [-0.2, -0.15) is 8.42 Å². The number of nitrogens with zero attached hydrogens (tertiary/aromatic N) is 1. The lowest BCUT2D eigenvalue weighted by atomic mass is 10.0. The van der Waals surface area contributed by atoms with Crippen molar-refractivity contribution in [2.24, 2.45) is 0 Å². The minimum absolute atomic E-state index is 0.0932. The van der Waals surface area contributed by atoms with Crippen LogP contribution in [0, 0.1) is 12.7 Å². The van der Waals surface area contributed by atoms with Gasteiger partial charge in [-0.15, -0.1) is 0 Å². The summed E-state index contributed by atoms with van der Waals surface area (Å²) in [6.45, 7) is 1.72. The zero-order valence-corrected chi connectivity index (χ0v) is 15.9. The van der Waals surface area contributed by atoms with E-state index in [4.69, 9.17) is 8.92 Å². The Kier molecular flexibility index (Phi) is 4.87. The molecule has 0 amide bonds. The van der Waals surface area contributed by atoms with Gasteiger partial charge in [0.25, 0.3) is 10.1 Å². The highest BCUT2D eigenvalue weighted by Gasteiger charge is 2.29. The van der Waals surface area contributed by atoms with E-state index in [1.807, 2.05) is 13.0 Å². The highest BCUT2D eigenvalue weighted by atomic mass is 32.2. The van der Waals surface area contributed by atoms with E-state index in [2.05, 4.69) is 4.98 Å². The molecule has 144 valence electrons. The first kappa shape index (κ1) is 18.6. The predicted octanol–water partition coefficient (Wildman–Crippen LogP) is 3.91. The molecule has 5 nitrogen and oxygen atoms in total. The summed E-state index contributed by atoms with van der Waals surface area (Å²) in [5.74, 6) is 0.158. The Morgan fingerprint density at radius 1 is 1.21 bits per heavy atom. The third-order valence-electron chi connectivity index (χ3n) is 4.55. The lowest BCUT2D eigenvalue weighted by Crippen LogP contribution is -2.23. The molecule has 2 aromatic carbocycles. The Hall–Kier alpha value is -2.77. The van der Waals surface area contributed by atoms with Crippen molar-refractivity contribution in [2.45, 2.75) is 24.3 Å². The van der Waals surface area contributed by atoms with Crippen molar-refractivity contribution in [1.82, 2.24) is 4.98 Å².